The number of halogens is 1. The molecular weight excluding hydrogens is 418 g/mol. The maximum Gasteiger partial charge on any atom is 0.168 e. The largest absolute Gasteiger partial charge is 0.388 e. The summed E-state index contributed by atoms with van der Waals surface area (Å²) < 4.78 is 10.5. The fourth-order valence-corrected chi connectivity index (χ4v) is 4.42. The van der Waals surface area contributed by atoms with Gasteiger partial charge >= 0.3 is 0 Å². The molecule has 1 aliphatic rings. The minimum absolute atomic E-state index is 0.187. The number of aliphatic hydroxyl groups is 1. The zero-order valence-electron chi connectivity index (χ0n) is 14.9. The van der Waals surface area contributed by atoms with E-state index in [0.29, 0.717) is 23.1 Å². The lowest BCUT2D eigenvalue weighted by atomic mass is 10.0. The van der Waals surface area contributed by atoms with Crippen LogP contribution in [0.5, 0.6) is 0 Å². The lowest BCUT2D eigenvalue weighted by Crippen LogP contribution is -2.34. The zero-order valence-corrected chi connectivity index (χ0v) is 17.3. The summed E-state index contributed by atoms with van der Waals surface area (Å²) in [5, 5.41) is 18.3. The summed E-state index contributed by atoms with van der Waals surface area (Å²) in [4.78, 5) is 7.24. The molecule has 1 saturated heterocycles. The van der Waals surface area contributed by atoms with Crippen LogP contribution in [-0.4, -0.2) is 50.5 Å². The molecule has 4 rings (SSSR count). The molecule has 10 heteroatoms. The van der Waals surface area contributed by atoms with Crippen molar-refractivity contribution in [3.05, 3.63) is 39.3 Å². The summed E-state index contributed by atoms with van der Waals surface area (Å²) in [7, 11) is 1.68. The first kappa shape index (κ1) is 19.2. The Morgan fingerprint density at radius 1 is 1.32 bits per heavy atom. The summed E-state index contributed by atoms with van der Waals surface area (Å²) in [5.74, 6) is 7.59. The van der Waals surface area contributed by atoms with Crippen LogP contribution >= 0.6 is 34.5 Å². The van der Waals surface area contributed by atoms with E-state index in [9.17, 15) is 0 Å². The monoisotopic (exact) mass is 433 g/mol. The van der Waals surface area contributed by atoms with Crippen molar-refractivity contribution in [2.75, 3.05) is 25.1 Å². The number of aliphatic hydroxyl groups excluding tert-OH is 1. The van der Waals surface area contributed by atoms with E-state index in [0.717, 1.165) is 28.0 Å². The molecule has 144 valence electrons. The molecule has 0 amide bonds. The van der Waals surface area contributed by atoms with Crippen molar-refractivity contribution in [1.29, 1.82) is 0 Å². The van der Waals surface area contributed by atoms with Gasteiger partial charge in [-0.2, -0.15) is 4.37 Å². The SMILES string of the molecule is COC1(C#Cc2ccc(Cl)s2)CCN(c2ccc(-c3nc(CO)ns3)nn2)C1. The Labute approximate surface area is 175 Å². The molecule has 1 unspecified atom stereocenters. The van der Waals surface area contributed by atoms with Gasteiger partial charge in [-0.1, -0.05) is 23.4 Å². The summed E-state index contributed by atoms with van der Waals surface area (Å²) in [5.41, 5.74) is 0.0824. The van der Waals surface area contributed by atoms with Crippen LogP contribution in [0.2, 0.25) is 4.34 Å². The summed E-state index contributed by atoms with van der Waals surface area (Å²) >= 11 is 8.62. The lowest BCUT2D eigenvalue weighted by molar-refractivity contribution is 0.0602. The Morgan fingerprint density at radius 3 is 2.86 bits per heavy atom. The predicted molar refractivity (Wildman–Crippen MR) is 110 cm³/mol. The molecule has 3 aromatic heterocycles. The van der Waals surface area contributed by atoms with Crippen LogP contribution < -0.4 is 4.90 Å². The second-order valence-corrected chi connectivity index (χ2v) is 8.64. The standard InChI is InChI=1S/C18H16ClN5O2S2/c1-26-18(7-6-12-2-4-14(19)27-12)8-9-24(11-18)16-5-3-13(21-22-16)17-20-15(10-25)23-28-17/h2-5,25H,8-11H2,1H3. The maximum atomic E-state index is 9.09. The van der Waals surface area contributed by atoms with Gasteiger partial charge in [-0.25, -0.2) is 4.98 Å². The van der Waals surface area contributed by atoms with Gasteiger partial charge in [0.25, 0.3) is 0 Å². The topological polar surface area (TPSA) is 84.3 Å². The number of rotatable bonds is 4. The van der Waals surface area contributed by atoms with E-state index >= 15 is 0 Å². The van der Waals surface area contributed by atoms with Crippen LogP contribution in [0.4, 0.5) is 5.82 Å². The Hall–Kier alpha value is -2.09. The summed E-state index contributed by atoms with van der Waals surface area (Å²) in [6.45, 7) is 1.19. The highest BCUT2D eigenvalue weighted by Gasteiger charge is 2.37. The summed E-state index contributed by atoms with van der Waals surface area (Å²) in [6.07, 6.45) is 0.773. The first-order valence-corrected chi connectivity index (χ1v) is 10.4. The third-order valence-electron chi connectivity index (χ3n) is 4.41. The number of hydrogen-bond acceptors (Lipinski definition) is 9. The highest BCUT2D eigenvalue weighted by Crippen LogP contribution is 2.29. The smallest absolute Gasteiger partial charge is 0.168 e. The second kappa shape index (κ2) is 8.11. The van der Waals surface area contributed by atoms with Crippen molar-refractivity contribution in [2.24, 2.45) is 0 Å². The lowest BCUT2D eigenvalue weighted by Gasteiger charge is -2.22. The van der Waals surface area contributed by atoms with Gasteiger partial charge in [0.15, 0.2) is 16.6 Å². The number of ether oxygens (including phenoxy) is 1. The van der Waals surface area contributed by atoms with Crippen molar-refractivity contribution >= 4 is 40.3 Å². The third kappa shape index (κ3) is 4.01. The van der Waals surface area contributed by atoms with E-state index < -0.39 is 5.60 Å². The number of anilines is 1. The molecule has 0 aliphatic carbocycles. The molecule has 0 spiro atoms. The Balaban J connectivity index is 1.49. The molecule has 0 radical (unpaired) electrons. The van der Waals surface area contributed by atoms with E-state index in [1.807, 2.05) is 24.3 Å². The van der Waals surface area contributed by atoms with Crippen molar-refractivity contribution in [3.8, 4) is 22.5 Å². The van der Waals surface area contributed by atoms with E-state index in [2.05, 4.69) is 36.3 Å². The van der Waals surface area contributed by atoms with Crippen molar-refractivity contribution < 1.29 is 9.84 Å². The van der Waals surface area contributed by atoms with Crippen LogP contribution in [0.3, 0.4) is 0 Å². The van der Waals surface area contributed by atoms with Gasteiger partial charge in [-0.05, 0) is 35.8 Å². The molecule has 1 fully saturated rings. The van der Waals surface area contributed by atoms with Gasteiger partial charge in [0.2, 0.25) is 0 Å². The molecule has 1 N–H and O–H groups in total. The number of thiophene rings is 1. The third-order valence-corrected chi connectivity index (χ3v) is 6.33. The molecule has 7 nitrogen and oxygen atoms in total. The first-order chi connectivity index (χ1) is 13.6. The van der Waals surface area contributed by atoms with Crippen LogP contribution in [0.15, 0.2) is 24.3 Å². The highest BCUT2D eigenvalue weighted by molar-refractivity contribution is 7.16. The minimum atomic E-state index is -0.550. The molecule has 3 aromatic rings. The van der Waals surface area contributed by atoms with Gasteiger partial charge in [0, 0.05) is 20.1 Å². The van der Waals surface area contributed by atoms with Crippen molar-refractivity contribution in [1.82, 2.24) is 19.6 Å². The van der Waals surface area contributed by atoms with Gasteiger partial charge in [0.05, 0.1) is 15.8 Å². The fraction of sp³-hybridized carbons (Fsp3) is 0.333. The molecule has 1 aliphatic heterocycles. The molecule has 0 bridgehead atoms. The van der Waals surface area contributed by atoms with Gasteiger partial charge in [0.1, 0.15) is 17.9 Å². The van der Waals surface area contributed by atoms with E-state index in [-0.39, 0.29) is 6.61 Å². The molecule has 4 heterocycles. The molecule has 0 aromatic carbocycles. The molecule has 28 heavy (non-hydrogen) atoms. The number of hydrogen-bond donors (Lipinski definition) is 1. The highest BCUT2D eigenvalue weighted by atomic mass is 35.5. The van der Waals surface area contributed by atoms with Crippen LogP contribution in [0, 0.1) is 11.8 Å². The van der Waals surface area contributed by atoms with Gasteiger partial charge < -0.3 is 14.7 Å². The minimum Gasteiger partial charge on any atom is -0.388 e. The predicted octanol–water partition coefficient (Wildman–Crippen LogP) is 2.85. The maximum absolute atomic E-state index is 9.09. The van der Waals surface area contributed by atoms with E-state index in [1.165, 1.54) is 22.9 Å². The molecule has 0 saturated carbocycles. The van der Waals surface area contributed by atoms with Crippen LogP contribution in [0.1, 0.15) is 17.1 Å². The molecule has 1 atom stereocenters. The van der Waals surface area contributed by atoms with E-state index in [4.69, 9.17) is 21.4 Å². The Morgan fingerprint density at radius 2 is 2.21 bits per heavy atom. The Kier molecular flexibility index (Phi) is 5.57. The van der Waals surface area contributed by atoms with Crippen molar-refractivity contribution in [3.63, 3.8) is 0 Å². The van der Waals surface area contributed by atoms with Gasteiger partial charge in [-0.3, -0.25) is 0 Å². The first-order valence-electron chi connectivity index (χ1n) is 8.47. The number of methoxy groups -OCH3 is 1. The average molecular weight is 434 g/mol. The van der Waals surface area contributed by atoms with E-state index in [1.54, 1.807) is 7.11 Å². The second-order valence-electron chi connectivity index (χ2n) is 6.17. The fourth-order valence-electron chi connectivity index (χ4n) is 2.88. The summed E-state index contributed by atoms with van der Waals surface area (Å²) in [6, 6.07) is 7.52. The van der Waals surface area contributed by atoms with Gasteiger partial charge in [-0.15, -0.1) is 21.5 Å². The zero-order chi connectivity index (χ0) is 19.6. The Bertz CT molecular complexity index is 1030. The number of aromatic nitrogens is 4. The number of nitrogens with zero attached hydrogens (tertiary/aromatic N) is 5. The molecular formula is C18H16ClN5O2S2. The van der Waals surface area contributed by atoms with Crippen LogP contribution in [-0.2, 0) is 11.3 Å². The van der Waals surface area contributed by atoms with Crippen LogP contribution in [0.25, 0.3) is 10.7 Å². The quantitative estimate of drug-likeness (QED) is 0.633. The van der Waals surface area contributed by atoms with Crippen molar-refractivity contribution in [2.45, 2.75) is 18.6 Å². The average Bonchev–Trinajstić information content (AvgIpc) is 3.46. The normalized spacial score (nSPS) is 18.9.